The first-order chi connectivity index (χ1) is 12.0. The number of hydrogen-bond donors (Lipinski definition) is 1. The molecule has 0 aromatic heterocycles. The summed E-state index contributed by atoms with van der Waals surface area (Å²) < 4.78 is 4.96. The second-order valence-corrected chi connectivity index (χ2v) is 6.52. The summed E-state index contributed by atoms with van der Waals surface area (Å²) in [4.78, 5) is 40.1. The minimum atomic E-state index is -0.876. The molecule has 0 spiro atoms. The molecule has 0 bridgehead atoms. The van der Waals surface area contributed by atoms with Crippen molar-refractivity contribution in [3.8, 4) is 0 Å². The van der Waals surface area contributed by atoms with Crippen LogP contribution in [0.3, 0.4) is 0 Å². The molecular formula is C18H23N3O4. The molecule has 0 atom stereocenters. The fraction of sp³-hybridized carbons (Fsp3) is 0.500. The molecule has 1 heterocycles. The number of carbonyl (C=O) groups is 3. The van der Waals surface area contributed by atoms with Gasteiger partial charge in [-0.25, -0.2) is 9.59 Å². The van der Waals surface area contributed by atoms with E-state index in [0.717, 1.165) is 18.5 Å². The molecule has 0 radical (unpaired) electrons. The molecule has 0 unspecified atom stereocenters. The quantitative estimate of drug-likeness (QED) is 0.844. The molecule has 1 aliphatic heterocycles. The lowest BCUT2D eigenvalue weighted by Crippen LogP contribution is -2.54. The molecule has 2 fully saturated rings. The van der Waals surface area contributed by atoms with E-state index >= 15 is 0 Å². The molecular weight excluding hydrogens is 322 g/mol. The van der Waals surface area contributed by atoms with Crippen LogP contribution in [0.4, 0.5) is 10.5 Å². The van der Waals surface area contributed by atoms with E-state index in [9.17, 15) is 14.4 Å². The van der Waals surface area contributed by atoms with Gasteiger partial charge in [0.15, 0.2) is 0 Å². The van der Waals surface area contributed by atoms with Gasteiger partial charge in [-0.2, -0.15) is 0 Å². The number of urea groups is 1. The van der Waals surface area contributed by atoms with Gasteiger partial charge in [-0.3, -0.25) is 9.69 Å². The summed E-state index contributed by atoms with van der Waals surface area (Å²) in [6, 6.07) is 6.77. The van der Waals surface area contributed by atoms with E-state index in [4.69, 9.17) is 4.74 Å². The molecule has 25 heavy (non-hydrogen) atoms. The maximum atomic E-state index is 12.9. The highest BCUT2D eigenvalue weighted by atomic mass is 16.5. The van der Waals surface area contributed by atoms with Crippen LogP contribution in [0.5, 0.6) is 0 Å². The van der Waals surface area contributed by atoms with Crippen molar-refractivity contribution in [2.75, 3.05) is 32.1 Å². The number of ether oxygens (including phenoxy) is 1. The van der Waals surface area contributed by atoms with Gasteiger partial charge in [0, 0.05) is 31.4 Å². The van der Waals surface area contributed by atoms with Crippen molar-refractivity contribution in [1.29, 1.82) is 0 Å². The van der Waals surface area contributed by atoms with Gasteiger partial charge in [0.05, 0.1) is 7.11 Å². The number of amides is 3. The van der Waals surface area contributed by atoms with Crippen LogP contribution in [-0.2, 0) is 9.53 Å². The average Bonchev–Trinajstić information content (AvgIpc) is 3.30. The number of nitrogens with zero attached hydrogens (tertiary/aromatic N) is 2. The van der Waals surface area contributed by atoms with Crippen LogP contribution in [0.1, 0.15) is 36.0 Å². The Bertz CT molecular complexity index is 680. The van der Waals surface area contributed by atoms with Crippen molar-refractivity contribution >= 4 is 23.6 Å². The van der Waals surface area contributed by atoms with E-state index in [2.05, 4.69) is 5.32 Å². The molecule has 3 amide bonds. The second kappa shape index (κ2) is 6.74. The lowest BCUT2D eigenvalue weighted by Gasteiger charge is -2.36. The van der Waals surface area contributed by atoms with Crippen molar-refractivity contribution in [2.24, 2.45) is 0 Å². The number of carbonyl (C=O) groups excluding carboxylic acids is 3. The molecule has 7 heteroatoms. The zero-order valence-corrected chi connectivity index (χ0v) is 14.6. The first-order valence-electron chi connectivity index (χ1n) is 8.51. The number of nitrogens with one attached hydrogen (secondary N) is 1. The van der Waals surface area contributed by atoms with Gasteiger partial charge in [0.25, 0.3) is 5.91 Å². The molecule has 1 aliphatic carbocycles. The van der Waals surface area contributed by atoms with E-state index in [1.54, 1.807) is 36.2 Å². The summed E-state index contributed by atoms with van der Waals surface area (Å²) in [7, 11) is 3.02. The Balaban J connectivity index is 1.80. The Labute approximate surface area is 146 Å². The van der Waals surface area contributed by atoms with Gasteiger partial charge in [0.1, 0.15) is 5.54 Å². The van der Waals surface area contributed by atoms with Gasteiger partial charge < -0.3 is 15.0 Å². The number of likely N-dealkylation sites (N-methyl/N-ethyl adjacent to an activating group) is 1. The molecule has 1 saturated heterocycles. The Morgan fingerprint density at radius 3 is 2.36 bits per heavy atom. The number of benzene rings is 1. The Morgan fingerprint density at radius 1 is 1.20 bits per heavy atom. The summed E-state index contributed by atoms with van der Waals surface area (Å²) in [6.45, 7) is 1.22. The Kier molecular flexibility index (Phi) is 4.65. The van der Waals surface area contributed by atoms with Crippen LogP contribution < -0.4 is 10.2 Å². The predicted octanol–water partition coefficient (Wildman–Crippen LogP) is 1.77. The van der Waals surface area contributed by atoms with E-state index in [-0.39, 0.29) is 17.9 Å². The molecule has 1 saturated carbocycles. The zero-order chi connectivity index (χ0) is 18.0. The van der Waals surface area contributed by atoms with E-state index in [1.165, 1.54) is 12.0 Å². The summed E-state index contributed by atoms with van der Waals surface area (Å²) in [6.07, 6.45) is 3.04. The van der Waals surface area contributed by atoms with Crippen LogP contribution in [0, 0.1) is 0 Å². The van der Waals surface area contributed by atoms with Crippen LogP contribution in [0.2, 0.25) is 0 Å². The second-order valence-electron chi connectivity index (χ2n) is 6.52. The van der Waals surface area contributed by atoms with Crippen LogP contribution in [0.15, 0.2) is 24.3 Å². The molecule has 1 aromatic carbocycles. The first kappa shape index (κ1) is 17.3. The normalized spacial score (nSPS) is 18.8. The third kappa shape index (κ3) is 2.94. The summed E-state index contributed by atoms with van der Waals surface area (Å²) in [5.74, 6) is -0.573. The van der Waals surface area contributed by atoms with Gasteiger partial charge in [-0.05, 0) is 37.1 Å². The van der Waals surface area contributed by atoms with Crippen molar-refractivity contribution in [2.45, 2.75) is 31.2 Å². The van der Waals surface area contributed by atoms with Gasteiger partial charge in [-0.1, -0.05) is 12.8 Å². The fourth-order valence-corrected chi connectivity index (χ4v) is 3.72. The number of methoxy groups -OCH3 is 1. The molecule has 7 nitrogen and oxygen atoms in total. The van der Waals surface area contributed by atoms with Crippen molar-refractivity contribution in [3.05, 3.63) is 29.8 Å². The highest BCUT2D eigenvalue weighted by Crippen LogP contribution is 2.36. The lowest BCUT2D eigenvalue weighted by molar-refractivity contribution is -0.152. The van der Waals surface area contributed by atoms with Crippen LogP contribution in [0.25, 0.3) is 0 Å². The minimum Gasteiger partial charge on any atom is -0.467 e. The van der Waals surface area contributed by atoms with Crippen LogP contribution >= 0.6 is 0 Å². The van der Waals surface area contributed by atoms with Gasteiger partial charge in [0.2, 0.25) is 0 Å². The topological polar surface area (TPSA) is 79.0 Å². The average molecular weight is 345 g/mol. The smallest absolute Gasteiger partial charge is 0.331 e. The Hall–Kier alpha value is -2.57. The number of esters is 1. The molecule has 3 rings (SSSR count). The third-order valence-corrected chi connectivity index (χ3v) is 5.23. The van der Waals surface area contributed by atoms with Gasteiger partial charge in [-0.15, -0.1) is 0 Å². The van der Waals surface area contributed by atoms with E-state index in [0.29, 0.717) is 31.5 Å². The van der Waals surface area contributed by atoms with Gasteiger partial charge >= 0.3 is 12.0 Å². The summed E-state index contributed by atoms with van der Waals surface area (Å²) >= 11 is 0. The maximum absolute atomic E-state index is 12.9. The largest absolute Gasteiger partial charge is 0.467 e. The SMILES string of the molecule is COC(=O)C1(N(C)C(=O)c2ccc(N3CCNC3=O)cc2)CCCC1. The predicted molar refractivity (Wildman–Crippen MR) is 92.5 cm³/mol. The van der Waals surface area contributed by atoms with E-state index < -0.39 is 5.54 Å². The number of anilines is 1. The molecule has 2 aliphatic rings. The highest BCUT2D eigenvalue weighted by Gasteiger charge is 2.47. The first-order valence-corrected chi connectivity index (χ1v) is 8.51. The minimum absolute atomic E-state index is 0.133. The lowest BCUT2D eigenvalue weighted by atomic mass is 9.94. The number of rotatable bonds is 4. The van der Waals surface area contributed by atoms with Crippen molar-refractivity contribution in [3.63, 3.8) is 0 Å². The van der Waals surface area contributed by atoms with Crippen molar-refractivity contribution < 1.29 is 19.1 Å². The van der Waals surface area contributed by atoms with Crippen LogP contribution in [-0.4, -0.2) is 55.6 Å². The fourth-order valence-electron chi connectivity index (χ4n) is 3.72. The highest BCUT2D eigenvalue weighted by molar-refractivity contribution is 5.99. The standard InChI is InChI=1S/C18H23N3O4/c1-20(18(16(23)25-2)9-3-4-10-18)15(22)13-5-7-14(8-6-13)21-12-11-19-17(21)24/h5-8H,3-4,9-12H2,1-2H3,(H,19,24). The Morgan fingerprint density at radius 2 is 1.84 bits per heavy atom. The summed E-state index contributed by atoms with van der Waals surface area (Å²) in [5, 5.41) is 2.75. The monoisotopic (exact) mass is 345 g/mol. The molecule has 1 aromatic rings. The molecule has 134 valence electrons. The molecule has 1 N–H and O–H groups in total. The van der Waals surface area contributed by atoms with Crippen molar-refractivity contribution in [1.82, 2.24) is 10.2 Å². The zero-order valence-electron chi connectivity index (χ0n) is 14.6. The third-order valence-electron chi connectivity index (χ3n) is 5.23. The maximum Gasteiger partial charge on any atom is 0.331 e. The number of hydrogen-bond acceptors (Lipinski definition) is 4. The summed E-state index contributed by atoms with van der Waals surface area (Å²) in [5.41, 5.74) is 0.359. The van der Waals surface area contributed by atoms with E-state index in [1.807, 2.05) is 0 Å².